The summed E-state index contributed by atoms with van der Waals surface area (Å²) >= 11 is 4.61. The van der Waals surface area contributed by atoms with Crippen molar-refractivity contribution in [2.75, 3.05) is 0 Å². The number of hydrogen-bond donors (Lipinski definition) is 0. The second-order valence-corrected chi connectivity index (χ2v) is 5.78. The molecule has 6 nitrogen and oxygen atoms in total. The van der Waals surface area contributed by atoms with Crippen LogP contribution in [0.15, 0.2) is 33.2 Å². The fourth-order valence-electron chi connectivity index (χ4n) is 1.63. The number of halogens is 1. The summed E-state index contributed by atoms with van der Waals surface area (Å²) < 4.78 is 2.56. The number of aromatic nitrogens is 6. The summed E-state index contributed by atoms with van der Waals surface area (Å²) in [6, 6.07) is 1.96. The van der Waals surface area contributed by atoms with Crippen molar-refractivity contribution in [3.63, 3.8) is 0 Å². The number of aryl methyl sites for hydroxylation is 2. The molecule has 0 aliphatic carbocycles. The Morgan fingerprint density at radius 2 is 1.84 bits per heavy atom. The third kappa shape index (κ3) is 2.59. The highest BCUT2D eigenvalue weighted by Crippen LogP contribution is 2.22. The molecular formula is C11H9BrN6S. The third-order valence-electron chi connectivity index (χ3n) is 2.38. The largest absolute Gasteiger partial charge is 0.253 e. The van der Waals surface area contributed by atoms with Crippen LogP contribution in [0.2, 0.25) is 0 Å². The fourth-order valence-corrected chi connectivity index (χ4v) is 2.45. The van der Waals surface area contributed by atoms with Gasteiger partial charge in [-0.3, -0.25) is 0 Å². The number of rotatable bonds is 2. The summed E-state index contributed by atoms with van der Waals surface area (Å²) in [5.41, 5.74) is 1.92. The topological polar surface area (TPSA) is 68.9 Å². The van der Waals surface area contributed by atoms with Crippen LogP contribution < -0.4 is 0 Å². The van der Waals surface area contributed by atoms with Crippen molar-refractivity contribution < 1.29 is 0 Å². The van der Waals surface area contributed by atoms with Crippen molar-refractivity contribution in [2.45, 2.75) is 24.2 Å². The molecule has 0 spiro atoms. The molecule has 0 bridgehead atoms. The van der Waals surface area contributed by atoms with Gasteiger partial charge in [-0.25, -0.2) is 19.5 Å². The van der Waals surface area contributed by atoms with Crippen LogP contribution in [0, 0.1) is 13.8 Å². The predicted octanol–water partition coefficient (Wildman–Crippen LogP) is 2.44. The van der Waals surface area contributed by atoms with Crippen molar-refractivity contribution in [3.05, 3.63) is 34.3 Å². The zero-order valence-electron chi connectivity index (χ0n) is 10.2. The molecule has 0 atom stereocenters. The molecule has 19 heavy (non-hydrogen) atoms. The summed E-state index contributed by atoms with van der Waals surface area (Å²) in [4.78, 5) is 17.1. The Hall–Kier alpha value is -1.54. The van der Waals surface area contributed by atoms with E-state index in [4.69, 9.17) is 0 Å². The van der Waals surface area contributed by atoms with E-state index in [1.54, 1.807) is 16.9 Å². The monoisotopic (exact) mass is 336 g/mol. The van der Waals surface area contributed by atoms with Crippen molar-refractivity contribution in [1.82, 2.24) is 29.5 Å². The normalized spacial score (nSPS) is 11.1. The summed E-state index contributed by atoms with van der Waals surface area (Å²) in [6.45, 7) is 3.91. The fraction of sp³-hybridized carbons (Fsp3) is 0.182. The number of fused-ring (bicyclic) bond motifs is 1. The molecule has 3 aromatic heterocycles. The highest BCUT2D eigenvalue weighted by Gasteiger charge is 2.10. The van der Waals surface area contributed by atoms with E-state index in [2.05, 4.69) is 41.0 Å². The highest BCUT2D eigenvalue weighted by molar-refractivity contribution is 9.10. The lowest BCUT2D eigenvalue weighted by molar-refractivity contribution is 0.839. The van der Waals surface area contributed by atoms with Crippen molar-refractivity contribution in [2.24, 2.45) is 0 Å². The van der Waals surface area contributed by atoms with Crippen LogP contribution in [0.4, 0.5) is 0 Å². The molecule has 0 unspecified atom stereocenters. The zero-order chi connectivity index (χ0) is 13.4. The second kappa shape index (κ2) is 4.86. The van der Waals surface area contributed by atoms with E-state index in [1.165, 1.54) is 11.8 Å². The summed E-state index contributed by atoms with van der Waals surface area (Å²) in [6.07, 6.45) is 3.39. The van der Waals surface area contributed by atoms with E-state index in [-0.39, 0.29) is 0 Å². The van der Waals surface area contributed by atoms with Gasteiger partial charge in [0.1, 0.15) is 0 Å². The Balaban J connectivity index is 1.97. The molecule has 8 heteroatoms. The van der Waals surface area contributed by atoms with Gasteiger partial charge >= 0.3 is 0 Å². The average Bonchev–Trinajstić information content (AvgIpc) is 2.75. The maximum Gasteiger partial charge on any atom is 0.253 e. The van der Waals surface area contributed by atoms with E-state index in [1.807, 2.05) is 19.9 Å². The first kappa shape index (κ1) is 12.5. The summed E-state index contributed by atoms with van der Waals surface area (Å²) in [5.74, 6) is 0.595. The Labute approximate surface area is 121 Å². The van der Waals surface area contributed by atoms with Crippen LogP contribution in [0.3, 0.4) is 0 Å². The van der Waals surface area contributed by atoms with Gasteiger partial charge in [0, 0.05) is 23.8 Å². The van der Waals surface area contributed by atoms with Crippen molar-refractivity contribution in [1.29, 1.82) is 0 Å². The smallest absolute Gasteiger partial charge is 0.230 e. The molecule has 0 N–H and O–H groups in total. The van der Waals surface area contributed by atoms with E-state index in [9.17, 15) is 0 Å². The number of hydrogen-bond acceptors (Lipinski definition) is 6. The molecule has 0 saturated heterocycles. The van der Waals surface area contributed by atoms with Crippen LogP contribution in [0.1, 0.15) is 11.4 Å². The van der Waals surface area contributed by atoms with Gasteiger partial charge in [0.25, 0.3) is 5.78 Å². The average molecular weight is 337 g/mol. The minimum atomic E-state index is 0.587. The van der Waals surface area contributed by atoms with Gasteiger partial charge in [-0.2, -0.15) is 4.98 Å². The first-order chi connectivity index (χ1) is 9.11. The lowest BCUT2D eigenvalue weighted by atomic mass is 10.4. The molecule has 96 valence electrons. The van der Waals surface area contributed by atoms with Crippen LogP contribution in [0.25, 0.3) is 5.78 Å². The molecule has 0 aliphatic rings. The van der Waals surface area contributed by atoms with Crippen LogP contribution in [-0.2, 0) is 0 Å². The number of nitrogens with zero attached hydrogens (tertiary/aromatic N) is 6. The molecule has 0 saturated carbocycles. The molecule has 0 radical (unpaired) electrons. The second-order valence-electron chi connectivity index (χ2n) is 3.93. The quantitative estimate of drug-likeness (QED) is 0.669. The predicted molar refractivity (Wildman–Crippen MR) is 74.1 cm³/mol. The standard InChI is InChI=1S/C11H9BrN6S/c1-6-3-7(2)18-9(15-6)16-11(17-18)19-10-13-4-8(12)5-14-10/h3-5H,1-2H3. The molecule has 3 rings (SSSR count). The maximum atomic E-state index is 4.39. The Morgan fingerprint density at radius 1 is 1.11 bits per heavy atom. The maximum absolute atomic E-state index is 4.39. The SMILES string of the molecule is Cc1cc(C)n2nc(Sc3ncc(Br)cn3)nc2n1. The van der Waals surface area contributed by atoms with Gasteiger partial charge in [-0.15, -0.1) is 5.10 Å². The van der Waals surface area contributed by atoms with Crippen LogP contribution >= 0.6 is 27.7 Å². The highest BCUT2D eigenvalue weighted by atomic mass is 79.9. The lowest BCUT2D eigenvalue weighted by Crippen LogP contribution is -1.97. The molecule has 3 aromatic rings. The van der Waals surface area contributed by atoms with Crippen molar-refractivity contribution >= 4 is 33.5 Å². The Kier molecular flexibility index (Phi) is 3.19. The van der Waals surface area contributed by atoms with Gasteiger partial charge in [-0.1, -0.05) is 0 Å². The van der Waals surface area contributed by atoms with E-state index in [0.717, 1.165) is 15.9 Å². The molecule has 0 aliphatic heterocycles. The molecule has 0 amide bonds. The molecule has 0 aromatic carbocycles. The van der Waals surface area contributed by atoms with E-state index in [0.29, 0.717) is 16.1 Å². The first-order valence-electron chi connectivity index (χ1n) is 5.48. The molecule has 3 heterocycles. The van der Waals surface area contributed by atoms with Gasteiger partial charge in [0.05, 0.1) is 4.47 Å². The molecule has 0 fully saturated rings. The zero-order valence-corrected chi connectivity index (χ0v) is 12.6. The lowest BCUT2D eigenvalue weighted by Gasteiger charge is -1.97. The Morgan fingerprint density at radius 3 is 2.58 bits per heavy atom. The van der Waals surface area contributed by atoms with E-state index >= 15 is 0 Å². The summed E-state index contributed by atoms with van der Waals surface area (Å²) in [5, 5.41) is 5.58. The third-order valence-corrected chi connectivity index (χ3v) is 3.54. The van der Waals surface area contributed by atoms with Gasteiger partial charge in [0.15, 0.2) is 5.16 Å². The first-order valence-corrected chi connectivity index (χ1v) is 7.09. The molecular weight excluding hydrogens is 328 g/mol. The van der Waals surface area contributed by atoms with Crippen LogP contribution in [-0.4, -0.2) is 29.5 Å². The van der Waals surface area contributed by atoms with Gasteiger partial charge in [0.2, 0.25) is 5.16 Å². The van der Waals surface area contributed by atoms with Gasteiger partial charge in [-0.05, 0) is 47.6 Å². The van der Waals surface area contributed by atoms with Crippen molar-refractivity contribution in [3.8, 4) is 0 Å². The minimum Gasteiger partial charge on any atom is -0.230 e. The summed E-state index contributed by atoms with van der Waals surface area (Å²) in [7, 11) is 0. The van der Waals surface area contributed by atoms with Gasteiger partial charge < -0.3 is 0 Å². The van der Waals surface area contributed by atoms with Crippen LogP contribution in [0.5, 0.6) is 0 Å². The minimum absolute atomic E-state index is 0.587. The Bertz CT molecular complexity index is 739. The van der Waals surface area contributed by atoms with E-state index < -0.39 is 0 Å².